The molecule has 4 N–H and O–H groups in total. The molecule has 0 saturated heterocycles. The van der Waals surface area contributed by atoms with Gasteiger partial charge in [-0.1, -0.05) is 209 Å². The quantitative estimate of drug-likeness (QED) is 0.0146. The van der Waals surface area contributed by atoms with Crippen LogP contribution in [0.5, 0.6) is 0 Å². The fourth-order valence-corrected chi connectivity index (χ4v) is 10.0. The molecule has 18 heteroatoms. The second kappa shape index (κ2) is 61.0. The number of aliphatic hydroxyl groups excluding tert-OH is 2. The number of phosphoric ester groups is 2. The van der Waals surface area contributed by atoms with Gasteiger partial charge in [0.2, 0.25) is 0 Å². The van der Waals surface area contributed by atoms with Gasteiger partial charge >= 0.3 is 33.6 Å². The molecule has 0 saturated carbocycles. The van der Waals surface area contributed by atoms with Crippen molar-refractivity contribution in [3.8, 4) is 0 Å². The second-order valence-corrected chi connectivity index (χ2v) is 24.8. The SMILES string of the molecule is CCCCC/C=C\C/C=C\C/C=C\CCCCCCCCC(=O)OCC(O)COP(=O)(O)OCC(O)COP(=O)(O)OCC(COC(=O)CCCCCCC/C=C\C/C=C\CCCCC)OC(=O)CCCCCCC/C=C\C/C=C\CCCCC. The zero-order valence-electron chi connectivity index (χ0n) is 53.0. The number of rotatable bonds is 62. The number of carbonyl (C=O) groups is 3. The van der Waals surface area contributed by atoms with Crippen LogP contribution in [0.3, 0.4) is 0 Å². The molecule has 0 aliphatic carbocycles. The highest BCUT2D eigenvalue weighted by molar-refractivity contribution is 7.47. The van der Waals surface area contributed by atoms with E-state index >= 15 is 0 Å². The van der Waals surface area contributed by atoms with Crippen LogP contribution in [0.15, 0.2) is 85.1 Å². The average Bonchev–Trinajstić information content (AvgIpc) is 3.52. The van der Waals surface area contributed by atoms with E-state index in [9.17, 15) is 43.5 Å². The minimum absolute atomic E-state index is 0.0851. The Bertz CT molecular complexity index is 1900. The molecule has 0 rings (SSSR count). The predicted molar refractivity (Wildman–Crippen MR) is 344 cm³/mol. The van der Waals surface area contributed by atoms with Gasteiger partial charge in [0.25, 0.3) is 0 Å². The maximum atomic E-state index is 12.9. The number of hydrogen-bond donors (Lipinski definition) is 4. The number of aliphatic hydroxyl groups is 2. The molecule has 0 bridgehead atoms. The molecule has 0 amide bonds. The number of unbranched alkanes of at least 4 members (excludes halogenated alkanes) is 25. The fraction of sp³-hybridized carbons (Fsp3) is 0.746. The number of hydrogen-bond acceptors (Lipinski definition) is 14. The first-order valence-electron chi connectivity index (χ1n) is 32.9. The minimum Gasteiger partial charge on any atom is -0.463 e. The van der Waals surface area contributed by atoms with E-state index in [1.165, 1.54) is 64.2 Å². The lowest BCUT2D eigenvalue weighted by Crippen LogP contribution is -2.30. The van der Waals surface area contributed by atoms with E-state index < -0.39 is 91.5 Å². The van der Waals surface area contributed by atoms with Crippen LogP contribution in [0.4, 0.5) is 0 Å². The van der Waals surface area contributed by atoms with Gasteiger partial charge in [0, 0.05) is 19.3 Å². The third-order valence-electron chi connectivity index (χ3n) is 13.6. The molecule has 16 nitrogen and oxygen atoms in total. The number of ether oxygens (including phenoxy) is 3. The van der Waals surface area contributed by atoms with Crippen LogP contribution in [-0.2, 0) is 55.8 Å². The van der Waals surface area contributed by atoms with Gasteiger partial charge in [-0.25, -0.2) is 9.13 Å². The van der Waals surface area contributed by atoms with Crippen LogP contribution in [0.25, 0.3) is 0 Å². The minimum atomic E-state index is -4.93. The normalized spacial score (nSPS) is 14.9. The molecule has 0 spiro atoms. The third kappa shape index (κ3) is 62.1. The van der Waals surface area contributed by atoms with Gasteiger partial charge in [-0.3, -0.25) is 32.5 Å². The summed E-state index contributed by atoms with van der Waals surface area (Å²) in [5, 5.41) is 20.5. The Morgan fingerprint density at radius 3 is 0.929 bits per heavy atom. The summed E-state index contributed by atoms with van der Waals surface area (Å²) >= 11 is 0. The third-order valence-corrected chi connectivity index (χ3v) is 15.5. The summed E-state index contributed by atoms with van der Waals surface area (Å²) in [7, 11) is -9.78. The van der Waals surface area contributed by atoms with Gasteiger partial charge in [-0.2, -0.15) is 0 Å². The van der Waals surface area contributed by atoms with Crippen molar-refractivity contribution in [1.29, 1.82) is 0 Å². The first kappa shape index (κ1) is 81.7. The first-order valence-corrected chi connectivity index (χ1v) is 35.9. The van der Waals surface area contributed by atoms with Crippen molar-refractivity contribution >= 4 is 33.6 Å². The summed E-state index contributed by atoms with van der Waals surface area (Å²) in [5.74, 6) is -1.62. The molecule has 0 aromatic heterocycles. The van der Waals surface area contributed by atoms with Gasteiger partial charge in [-0.05, 0) is 122 Å². The summed E-state index contributed by atoms with van der Waals surface area (Å²) < 4.78 is 60.8. The number of allylic oxidation sites excluding steroid dienone is 14. The molecule has 0 fully saturated rings. The molecule has 5 atom stereocenters. The van der Waals surface area contributed by atoms with E-state index in [1.807, 2.05) is 0 Å². The van der Waals surface area contributed by atoms with E-state index in [-0.39, 0.29) is 19.3 Å². The topological polar surface area (TPSA) is 231 Å². The molecule has 0 aliphatic rings. The molecule has 5 unspecified atom stereocenters. The fourth-order valence-electron chi connectivity index (χ4n) is 8.46. The zero-order chi connectivity index (χ0) is 62.4. The van der Waals surface area contributed by atoms with Crippen molar-refractivity contribution in [2.24, 2.45) is 0 Å². The number of carbonyl (C=O) groups excluding carboxylic acids is 3. The van der Waals surface area contributed by atoms with Gasteiger partial charge in [0.15, 0.2) is 6.10 Å². The first-order chi connectivity index (χ1) is 41.2. The molecule has 0 heterocycles. The Morgan fingerprint density at radius 1 is 0.329 bits per heavy atom. The standard InChI is InChI=1S/C67H118O16P2/c1-4-7-10-13-16-19-22-25-28-29-30-31-34-36-38-41-44-47-50-53-65(70)77-56-62(68)57-79-84(73,74)80-58-63(69)59-81-85(75,76)82-61-64(83-67(72)55-52-49-46-43-40-37-33-27-24-21-18-15-12-9-6-3)60-78-66(71)54-51-48-45-42-39-35-32-26-23-20-17-14-11-8-5-2/h16-21,25-28,30-33,62-64,68-69H,4-15,22-24,29,34-61H2,1-3H3,(H,73,74)(H,75,76)/b19-16-,20-17-,21-18-,28-25-,31-30-,32-26-,33-27-. The zero-order valence-corrected chi connectivity index (χ0v) is 54.8. The van der Waals surface area contributed by atoms with Crippen molar-refractivity contribution in [3.05, 3.63) is 85.1 Å². The van der Waals surface area contributed by atoms with E-state index in [1.54, 1.807) is 0 Å². The van der Waals surface area contributed by atoms with Crippen LogP contribution < -0.4 is 0 Å². The lowest BCUT2D eigenvalue weighted by molar-refractivity contribution is -0.161. The Kier molecular flexibility index (Phi) is 58.6. The van der Waals surface area contributed by atoms with Crippen LogP contribution in [0.1, 0.15) is 265 Å². The Hall–Kier alpha value is -3.27. The predicted octanol–water partition coefficient (Wildman–Crippen LogP) is 17.8. The summed E-state index contributed by atoms with van der Waals surface area (Å²) in [6, 6.07) is 0. The number of phosphoric acid groups is 2. The average molecular weight is 1240 g/mol. The highest BCUT2D eigenvalue weighted by Crippen LogP contribution is 2.45. The van der Waals surface area contributed by atoms with Gasteiger partial charge in [0.1, 0.15) is 25.4 Å². The Labute approximate surface area is 515 Å². The van der Waals surface area contributed by atoms with Crippen molar-refractivity contribution in [3.63, 3.8) is 0 Å². The lowest BCUT2D eigenvalue weighted by atomic mass is 10.1. The molecular weight excluding hydrogens is 1120 g/mol. The van der Waals surface area contributed by atoms with Crippen molar-refractivity contribution in [1.82, 2.24) is 0 Å². The van der Waals surface area contributed by atoms with E-state index in [0.29, 0.717) is 19.3 Å². The summed E-state index contributed by atoms with van der Waals surface area (Å²) in [5.41, 5.74) is 0. The van der Waals surface area contributed by atoms with Crippen LogP contribution in [-0.4, -0.2) is 95.9 Å². The van der Waals surface area contributed by atoms with Crippen molar-refractivity contribution < 1.29 is 75.8 Å². The monoisotopic (exact) mass is 1240 g/mol. The van der Waals surface area contributed by atoms with E-state index in [0.717, 1.165) is 141 Å². The van der Waals surface area contributed by atoms with Crippen molar-refractivity contribution in [2.75, 3.05) is 39.6 Å². The molecule has 85 heavy (non-hydrogen) atoms. The Balaban J connectivity index is 4.69. The Morgan fingerprint density at radius 2 is 0.588 bits per heavy atom. The molecule has 0 aromatic rings. The molecule has 0 radical (unpaired) electrons. The lowest BCUT2D eigenvalue weighted by Gasteiger charge is -2.21. The summed E-state index contributed by atoms with van der Waals surface area (Å²) in [4.78, 5) is 58.3. The largest absolute Gasteiger partial charge is 0.472 e. The number of esters is 3. The van der Waals surface area contributed by atoms with Gasteiger partial charge in [-0.15, -0.1) is 0 Å². The van der Waals surface area contributed by atoms with E-state index in [4.69, 9.17) is 32.3 Å². The second-order valence-electron chi connectivity index (χ2n) is 21.9. The van der Waals surface area contributed by atoms with Gasteiger partial charge < -0.3 is 34.2 Å². The molecule has 0 aromatic carbocycles. The van der Waals surface area contributed by atoms with Crippen LogP contribution >= 0.6 is 15.6 Å². The van der Waals surface area contributed by atoms with Crippen LogP contribution in [0, 0.1) is 0 Å². The highest BCUT2D eigenvalue weighted by atomic mass is 31.2. The maximum Gasteiger partial charge on any atom is 0.472 e. The molecule has 0 aliphatic heterocycles. The van der Waals surface area contributed by atoms with Crippen molar-refractivity contribution in [2.45, 2.75) is 283 Å². The molecule has 492 valence electrons. The van der Waals surface area contributed by atoms with Gasteiger partial charge in [0.05, 0.1) is 26.4 Å². The summed E-state index contributed by atoms with van der Waals surface area (Å²) in [6.07, 6.45) is 63.4. The maximum absolute atomic E-state index is 12.9. The van der Waals surface area contributed by atoms with Crippen LogP contribution in [0.2, 0.25) is 0 Å². The summed E-state index contributed by atoms with van der Waals surface area (Å²) in [6.45, 7) is 2.54. The van der Waals surface area contributed by atoms with E-state index in [2.05, 4.69) is 106 Å². The highest BCUT2D eigenvalue weighted by Gasteiger charge is 2.29. The smallest absolute Gasteiger partial charge is 0.463 e. The molecular formula is C67H118O16P2.